The molecule has 2 unspecified atom stereocenters. The van der Waals surface area contributed by atoms with Crippen LogP contribution in [0, 0.1) is 0 Å². The number of hydrogen-bond donors (Lipinski definition) is 4. The van der Waals surface area contributed by atoms with Crippen LogP contribution < -0.4 is 5.73 Å². The lowest BCUT2D eigenvalue weighted by molar-refractivity contribution is -0.131. The molecule has 0 bridgehead atoms. The first-order valence-electron chi connectivity index (χ1n) is 4.42. The third-order valence-corrected chi connectivity index (χ3v) is 2.09. The summed E-state index contributed by atoms with van der Waals surface area (Å²) in [7, 11) is 0. The van der Waals surface area contributed by atoms with E-state index in [2.05, 4.69) is 0 Å². The average molecular weight is 225 g/mol. The Morgan fingerprint density at radius 1 is 1.12 bits per heavy atom. The Morgan fingerprint density at radius 2 is 1.62 bits per heavy atom. The molecule has 0 aromatic heterocycles. The van der Waals surface area contributed by atoms with E-state index in [0.29, 0.717) is 0 Å². The number of rotatable bonds is 4. The van der Waals surface area contributed by atoms with Crippen molar-refractivity contribution < 1.29 is 24.9 Å². The number of carbonyl (C=O) groups is 2. The van der Waals surface area contributed by atoms with Crippen LogP contribution >= 0.6 is 0 Å². The fraction of sp³-hybridized carbons (Fsp3) is 0.200. The molecule has 0 saturated heterocycles. The van der Waals surface area contributed by atoms with E-state index >= 15 is 0 Å². The van der Waals surface area contributed by atoms with Gasteiger partial charge in [0.2, 0.25) is 5.91 Å². The molecule has 0 spiro atoms. The lowest BCUT2D eigenvalue weighted by Crippen LogP contribution is -2.33. The summed E-state index contributed by atoms with van der Waals surface area (Å²) in [6.07, 6.45) is -3.17. The molecule has 1 aromatic rings. The van der Waals surface area contributed by atoms with E-state index < -0.39 is 24.1 Å². The van der Waals surface area contributed by atoms with Gasteiger partial charge < -0.3 is 21.1 Å². The molecule has 1 amide bonds. The summed E-state index contributed by atoms with van der Waals surface area (Å²) < 4.78 is 0. The second kappa shape index (κ2) is 4.73. The maximum absolute atomic E-state index is 10.6. The monoisotopic (exact) mass is 225 g/mol. The first-order chi connectivity index (χ1) is 7.43. The van der Waals surface area contributed by atoms with Gasteiger partial charge in [-0.1, -0.05) is 12.1 Å². The standard InChI is InChI=1S/C10H11NO5/c11-9(14)8(13)7(12)5-1-3-6(4-2-5)10(15)16/h1-4,7-8,12-13H,(H2,11,14)(H,15,16). The highest BCUT2D eigenvalue weighted by Crippen LogP contribution is 2.17. The van der Waals surface area contributed by atoms with Crippen molar-refractivity contribution in [1.29, 1.82) is 0 Å². The lowest BCUT2D eigenvalue weighted by atomic mass is 10.0. The number of nitrogens with two attached hydrogens (primary N) is 1. The van der Waals surface area contributed by atoms with Crippen LogP contribution in [-0.2, 0) is 4.79 Å². The van der Waals surface area contributed by atoms with Gasteiger partial charge in [-0.25, -0.2) is 4.79 Å². The molecule has 0 heterocycles. The Hall–Kier alpha value is -1.92. The van der Waals surface area contributed by atoms with Crippen molar-refractivity contribution in [1.82, 2.24) is 0 Å². The van der Waals surface area contributed by atoms with Gasteiger partial charge in [0, 0.05) is 0 Å². The van der Waals surface area contributed by atoms with Gasteiger partial charge in [0.05, 0.1) is 5.56 Å². The number of carboxylic acids is 1. The van der Waals surface area contributed by atoms with E-state index in [1.54, 1.807) is 0 Å². The lowest BCUT2D eigenvalue weighted by Gasteiger charge is -2.14. The van der Waals surface area contributed by atoms with Gasteiger partial charge in [-0.3, -0.25) is 4.79 Å². The molecule has 0 fully saturated rings. The minimum Gasteiger partial charge on any atom is -0.478 e. The zero-order chi connectivity index (χ0) is 12.3. The number of amides is 1. The highest BCUT2D eigenvalue weighted by Gasteiger charge is 2.23. The molecule has 1 aromatic carbocycles. The summed E-state index contributed by atoms with van der Waals surface area (Å²) >= 11 is 0. The summed E-state index contributed by atoms with van der Waals surface area (Å²) in [5, 5.41) is 27.3. The molecule has 1 rings (SSSR count). The Morgan fingerprint density at radius 3 is 2.00 bits per heavy atom. The van der Waals surface area contributed by atoms with Crippen LogP contribution in [0.4, 0.5) is 0 Å². The smallest absolute Gasteiger partial charge is 0.335 e. The summed E-state index contributed by atoms with van der Waals surface area (Å²) in [5.74, 6) is -2.15. The van der Waals surface area contributed by atoms with Crippen LogP contribution in [0.1, 0.15) is 22.0 Å². The molecular formula is C10H11NO5. The number of hydrogen-bond acceptors (Lipinski definition) is 4. The summed E-state index contributed by atoms with van der Waals surface area (Å²) in [6, 6.07) is 5.13. The quantitative estimate of drug-likeness (QED) is 0.538. The molecule has 6 nitrogen and oxygen atoms in total. The van der Waals surface area contributed by atoms with Gasteiger partial charge in [-0.05, 0) is 17.7 Å². The van der Waals surface area contributed by atoms with Crippen molar-refractivity contribution in [3.63, 3.8) is 0 Å². The van der Waals surface area contributed by atoms with Gasteiger partial charge in [-0.2, -0.15) is 0 Å². The van der Waals surface area contributed by atoms with Crippen molar-refractivity contribution in [2.75, 3.05) is 0 Å². The van der Waals surface area contributed by atoms with Crippen LogP contribution in [-0.4, -0.2) is 33.3 Å². The van der Waals surface area contributed by atoms with Crippen LogP contribution in [0.15, 0.2) is 24.3 Å². The molecule has 0 radical (unpaired) electrons. The highest BCUT2D eigenvalue weighted by molar-refractivity contribution is 5.87. The van der Waals surface area contributed by atoms with Crippen molar-refractivity contribution in [3.05, 3.63) is 35.4 Å². The van der Waals surface area contributed by atoms with E-state index in [0.717, 1.165) is 0 Å². The fourth-order valence-corrected chi connectivity index (χ4v) is 1.16. The molecule has 86 valence electrons. The molecule has 2 atom stereocenters. The van der Waals surface area contributed by atoms with Crippen molar-refractivity contribution in [2.45, 2.75) is 12.2 Å². The number of aliphatic hydroxyl groups is 2. The molecule has 16 heavy (non-hydrogen) atoms. The van der Waals surface area contributed by atoms with Gasteiger partial charge in [0.1, 0.15) is 6.10 Å². The SMILES string of the molecule is NC(=O)C(O)C(O)c1ccc(C(=O)O)cc1. The largest absolute Gasteiger partial charge is 0.478 e. The van der Waals surface area contributed by atoms with Crippen LogP contribution in [0.2, 0.25) is 0 Å². The van der Waals surface area contributed by atoms with Crippen LogP contribution in [0.3, 0.4) is 0 Å². The molecular weight excluding hydrogens is 214 g/mol. The van der Waals surface area contributed by atoms with E-state index in [1.807, 2.05) is 0 Å². The van der Waals surface area contributed by atoms with Crippen molar-refractivity contribution >= 4 is 11.9 Å². The summed E-state index contributed by atoms with van der Waals surface area (Å²) in [6.45, 7) is 0. The van der Waals surface area contributed by atoms with Crippen molar-refractivity contribution in [3.8, 4) is 0 Å². The first-order valence-corrected chi connectivity index (χ1v) is 4.42. The Balaban J connectivity index is 2.89. The summed E-state index contributed by atoms with van der Waals surface area (Å²) in [5.41, 5.74) is 5.07. The molecule has 6 heteroatoms. The maximum atomic E-state index is 10.6. The fourth-order valence-electron chi connectivity index (χ4n) is 1.16. The topological polar surface area (TPSA) is 121 Å². The minimum atomic E-state index is -1.71. The number of benzene rings is 1. The number of carbonyl (C=O) groups excluding carboxylic acids is 1. The number of aromatic carboxylic acids is 1. The number of aliphatic hydroxyl groups excluding tert-OH is 2. The summed E-state index contributed by atoms with van der Waals surface area (Å²) in [4.78, 5) is 21.1. The molecule has 0 aliphatic heterocycles. The van der Waals surface area contributed by atoms with E-state index in [-0.39, 0.29) is 11.1 Å². The maximum Gasteiger partial charge on any atom is 0.335 e. The molecule has 5 N–H and O–H groups in total. The molecule has 0 aliphatic carbocycles. The van der Waals surface area contributed by atoms with E-state index in [9.17, 15) is 19.8 Å². The highest BCUT2D eigenvalue weighted by atomic mass is 16.4. The minimum absolute atomic E-state index is 0.0458. The van der Waals surface area contributed by atoms with Crippen molar-refractivity contribution in [2.24, 2.45) is 5.73 Å². The van der Waals surface area contributed by atoms with Gasteiger partial charge >= 0.3 is 5.97 Å². The zero-order valence-corrected chi connectivity index (χ0v) is 8.20. The average Bonchev–Trinajstić information content (AvgIpc) is 2.27. The number of primary amides is 1. The third kappa shape index (κ3) is 2.56. The zero-order valence-electron chi connectivity index (χ0n) is 8.20. The predicted octanol–water partition coefficient (Wildman–Crippen LogP) is -0.736. The van der Waals surface area contributed by atoms with Gasteiger partial charge in [-0.15, -0.1) is 0 Å². The first kappa shape index (κ1) is 12.2. The second-order valence-corrected chi connectivity index (χ2v) is 3.22. The predicted molar refractivity (Wildman–Crippen MR) is 53.6 cm³/mol. The van der Waals surface area contributed by atoms with Gasteiger partial charge in [0.25, 0.3) is 0 Å². The third-order valence-electron chi connectivity index (χ3n) is 2.09. The second-order valence-electron chi connectivity index (χ2n) is 3.22. The molecule has 0 saturated carbocycles. The van der Waals surface area contributed by atoms with E-state index in [4.69, 9.17) is 10.8 Å². The van der Waals surface area contributed by atoms with Crippen LogP contribution in [0.5, 0.6) is 0 Å². The van der Waals surface area contributed by atoms with Crippen LogP contribution in [0.25, 0.3) is 0 Å². The molecule has 0 aliphatic rings. The Labute approximate surface area is 90.9 Å². The Kier molecular flexibility index (Phi) is 3.60. The Bertz CT molecular complexity index is 400. The normalized spacial score (nSPS) is 14.1. The number of carboxylic acid groups (broad SMARTS) is 1. The van der Waals surface area contributed by atoms with Gasteiger partial charge in [0.15, 0.2) is 6.10 Å². The van der Waals surface area contributed by atoms with E-state index in [1.165, 1.54) is 24.3 Å².